The smallest absolute Gasteiger partial charge is 0.0579 e. The number of hydrogen-bond acceptors (Lipinski definition) is 3. The van der Waals surface area contributed by atoms with Gasteiger partial charge in [-0.2, -0.15) is 5.10 Å². The molecule has 0 unspecified atom stereocenters. The largest absolute Gasteiger partial charge is 0.397 e. The van der Waals surface area contributed by atoms with Gasteiger partial charge in [0.2, 0.25) is 0 Å². The standard InChI is InChI=1S/C13H18N4/c1-9-4-5-12(14)13(6-9)15-7-11-8-16-17(3)10(11)2/h4-6,8,15H,7,14H2,1-3H3. The number of anilines is 2. The van der Waals surface area contributed by atoms with E-state index in [9.17, 15) is 0 Å². The van der Waals surface area contributed by atoms with Crippen LogP contribution in [0.2, 0.25) is 0 Å². The van der Waals surface area contributed by atoms with Crippen molar-refractivity contribution >= 4 is 11.4 Å². The highest BCUT2D eigenvalue weighted by atomic mass is 15.3. The third-order valence-corrected chi connectivity index (χ3v) is 3.01. The minimum Gasteiger partial charge on any atom is -0.397 e. The first-order valence-corrected chi connectivity index (χ1v) is 5.65. The van der Waals surface area contributed by atoms with Crippen LogP contribution in [0.5, 0.6) is 0 Å². The summed E-state index contributed by atoms with van der Waals surface area (Å²) in [6, 6.07) is 5.99. The molecule has 0 aliphatic carbocycles. The first-order valence-electron chi connectivity index (χ1n) is 5.65. The van der Waals surface area contributed by atoms with Crippen LogP contribution in [-0.2, 0) is 13.6 Å². The van der Waals surface area contributed by atoms with Gasteiger partial charge in [0.25, 0.3) is 0 Å². The predicted octanol–water partition coefficient (Wildman–Crippen LogP) is 2.23. The van der Waals surface area contributed by atoms with Crippen molar-refractivity contribution in [3.8, 4) is 0 Å². The summed E-state index contributed by atoms with van der Waals surface area (Å²) in [4.78, 5) is 0. The van der Waals surface area contributed by atoms with Crippen LogP contribution < -0.4 is 11.1 Å². The van der Waals surface area contributed by atoms with E-state index in [2.05, 4.69) is 30.3 Å². The summed E-state index contributed by atoms with van der Waals surface area (Å²) in [5, 5.41) is 7.56. The molecular formula is C13H18N4. The third-order valence-electron chi connectivity index (χ3n) is 3.01. The molecule has 2 rings (SSSR count). The average molecular weight is 230 g/mol. The van der Waals surface area contributed by atoms with Gasteiger partial charge in [-0.05, 0) is 31.5 Å². The fraction of sp³-hybridized carbons (Fsp3) is 0.308. The number of benzene rings is 1. The molecule has 0 aliphatic rings. The second-order valence-electron chi connectivity index (χ2n) is 4.32. The van der Waals surface area contributed by atoms with E-state index in [4.69, 9.17) is 5.73 Å². The molecule has 0 fully saturated rings. The normalized spacial score (nSPS) is 10.5. The summed E-state index contributed by atoms with van der Waals surface area (Å²) < 4.78 is 1.87. The number of rotatable bonds is 3. The van der Waals surface area contributed by atoms with Gasteiger partial charge in [0.15, 0.2) is 0 Å². The zero-order valence-electron chi connectivity index (χ0n) is 10.5. The number of nitrogens with one attached hydrogen (secondary N) is 1. The molecule has 0 spiro atoms. The highest BCUT2D eigenvalue weighted by molar-refractivity contribution is 5.67. The number of nitrogen functional groups attached to an aromatic ring is 1. The lowest BCUT2D eigenvalue weighted by Crippen LogP contribution is -2.04. The topological polar surface area (TPSA) is 55.9 Å². The maximum Gasteiger partial charge on any atom is 0.0579 e. The van der Waals surface area contributed by atoms with Crippen LogP contribution >= 0.6 is 0 Å². The number of nitrogens with zero attached hydrogens (tertiary/aromatic N) is 2. The molecule has 1 heterocycles. The molecule has 0 saturated heterocycles. The monoisotopic (exact) mass is 230 g/mol. The summed E-state index contributed by atoms with van der Waals surface area (Å²) in [6.07, 6.45) is 1.88. The Kier molecular flexibility index (Phi) is 3.04. The Morgan fingerprint density at radius 2 is 2.12 bits per heavy atom. The lowest BCUT2D eigenvalue weighted by molar-refractivity contribution is 0.738. The molecule has 4 nitrogen and oxygen atoms in total. The van der Waals surface area contributed by atoms with Crippen LogP contribution in [0.15, 0.2) is 24.4 Å². The number of aromatic nitrogens is 2. The van der Waals surface area contributed by atoms with Gasteiger partial charge in [-0.15, -0.1) is 0 Å². The van der Waals surface area contributed by atoms with E-state index >= 15 is 0 Å². The van der Waals surface area contributed by atoms with Crippen molar-refractivity contribution in [2.45, 2.75) is 20.4 Å². The van der Waals surface area contributed by atoms with E-state index < -0.39 is 0 Å². The molecule has 3 N–H and O–H groups in total. The maximum atomic E-state index is 5.91. The van der Waals surface area contributed by atoms with Gasteiger partial charge in [-0.3, -0.25) is 4.68 Å². The second kappa shape index (κ2) is 4.49. The molecule has 2 aromatic rings. The Morgan fingerprint density at radius 3 is 2.76 bits per heavy atom. The van der Waals surface area contributed by atoms with E-state index in [0.717, 1.165) is 17.9 Å². The van der Waals surface area contributed by atoms with E-state index in [0.29, 0.717) is 0 Å². The number of hydrogen-bond donors (Lipinski definition) is 2. The fourth-order valence-corrected chi connectivity index (χ4v) is 1.73. The maximum absolute atomic E-state index is 5.91. The molecule has 4 heteroatoms. The summed E-state index contributed by atoms with van der Waals surface area (Å²) in [5.74, 6) is 0. The van der Waals surface area contributed by atoms with Crippen molar-refractivity contribution in [1.82, 2.24) is 9.78 Å². The molecule has 17 heavy (non-hydrogen) atoms. The van der Waals surface area contributed by atoms with E-state index in [1.165, 1.54) is 16.8 Å². The molecule has 0 aliphatic heterocycles. The van der Waals surface area contributed by atoms with Crippen molar-refractivity contribution in [1.29, 1.82) is 0 Å². The van der Waals surface area contributed by atoms with Crippen LogP contribution in [-0.4, -0.2) is 9.78 Å². The van der Waals surface area contributed by atoms with Gasteiger partial charge in [0.1, 0.15) is 0 Å². The SMILES string of the molecule is Cc1ccc(N)c(NCc2cnn(C)c2C)c1. The van der Waals surface area contributed by atoms with Crippen LogP contribution in [0.1, 0.15) is 16.8 Å². The molecule has 90 valence electrons. The molecule has 0 bridgehead atoms. The zero-order valence-corrected chi connectivity index (χ0v) is 10.5. The van der Waals surface area contributed by atoms with Gasteiger partial charge < -0.3 is 11.1 Å². The Morgan fingerprint density at radius 1 is 1.35 bits per heavy atom. The van der Waals surface area contributed by atoms with E-state index in [-0.39, 0.29) is 0 Å². The fourth-order valence-electron chi connectivity index (χ4n) is 1.73. The quantitative estimate of drug-likeness (QED) is 0.795. The predicted molar refractivity (Wildman–Crippen MR) is 70.9 cm³/mol. The summed E-state index contributed by atoms with van der Waals surface area (Å²) in [6.45, 7) is 4.86. The average Bonchev–Trinajstić information content (AvgIpc) is 2.62. The highest BCUT2D eigenvalue weighted by Crippen LogP contribution is 2.20. The number of aryl methyl sites for hydroxylation is 2. The molecule has 1 aromatic heterocycles. The van der Waals surface area contributed by atoms with Crippen LogP contribution in [0.3, 0.4) is 0 Å². The summed E-state index contributed by atoms with van der Waals surface area (Å²) in [7, 11) is 1.94. The summed E-state index contributed by atoms with van der Waals surface area (Å²) in [5.41, 5.74) is 11.2. The first-order chi connectivity index (χ1) is 8.08. The van der Waals surface area contributed by atoms with E-state index in [1.807, 2.05) is 30.1 Å². The Hall–Kier alpha value is -1.97. The Balaban J connectivity index is 2.12. The Bertz CT molecular complexity index is 528. The third kappa shape index (κ3) is 2.41. The number of nitrogens with two attached hydrogens (primary N) is 1. The van der Waals surface area contributed by atoms with Gasteiger partial charge >= 0.3 is 0 Å². The van der Waals surface area contributed by atoms with Crippen molar-refractivity contribution in [2.75, 3.05) is 11.1 Å². The lowest BCUT2D eigenvalue weighted by atomic mass is 10.2. The van der Waals surface area contributed by atoms with Gasteiger partial charge in [0.05, 0.1) is 17.6 Å². The van der Waals surface area contributed by atoms with Crippen molar-refractivity contribution < 1.29 is 0 Å². The minimum atomic E-state index is 0.743. The van der Waals surface area contributed by atoms with Crippen LogP contribution in [0, 0.1) is 13.8 Å². The molecule has 1 aromatic carbocycles. The van der Waals surface area contributed by atoms with E-state index in [1.54, 1.807) is 0 Å². The first kappa shape index (κ1) is 11.5. The minimum absolute atomic E-state index is 0.743. The van der Waals surface area contributed by atoms with Gasteiger partial charge in [-0.1, -0.05) is 6.07 Å². The molecule has 0 radical (unpaired) electrons. The highest BCUT2D eigenvalue weighted by Gasteiger charge is 2.04. The molecule has 0 atom stereocenters. The van der Waals surface area contributed by atoms with Gasteiger partial charge in [-0.25, -0.2) is 0 Å². The molecule has 0 amide bonds. The second-order valence-corrected chi connectivity index (χ2v) is 4.32. The lowest BCUT2D eigenvalue weighted by Gasteiger charge is -2.09. The van der Waals surface area contributed by atoms with Crippen molar-refractivity contribution in [3.63, 3.8) is 0 Å². The van der Waals surface area contributed by atoms with Gasteiger partial charge in [0, 0.05) is 24.8 Å². The zero-order chi connectivity index (χ0) is 12.4. The molecule has 0 saturated carbocycles. The Labute approximate surface area is 101 Å². The van der Waals surface area contributed by atoms with Crippen molar-refractivity contribution in [3.05, 3.63) is 41.2 Å². The summed E-state index contributed by atoms with van der Waals surface area (Å²) >= 11 is 0. The van der Waals surface area contributed by atoms with Crippen LogP contribution in [0.4, 0.5) is 11.4 Å². The van der Waals surface area contributed by atoms with Crippen LogP contribution in [0.25, 0.3) is 0 Å². The molecular weight excluding hydrogens is 212 g/mol. The van der Waals surface area contributed by atoms with Crippen molar-refractivity contribution in [2.24, 2.45) is 7.05 Å².